The van der Waals surface area contributed by atoms with Crippen molar-refractivity contribution in [3.63, 3.8) is 0 Å². The van der Waals surface area contributed by atoms with Crippen molar-refractivity contribution in [2.75, 3.05) is 6.61 Å². The van der Waals surface area contributed by atoms with Gasteiger partial charge in [-0.05, 0) is 61.5 Å². The second-order valence-electron chi connectivity index (χ2n) is 6.98. The molecule has 0 amide bonds. The molecule has 0 aromatic heterocycles. The van der Waals surface area contributed by atoms with Crippen molar-refractivity contribution in [2.45, 2.75) is 77.7 Å². The molecule has 1 heteroatoms. The Balaban J connectivity index is 1.75. The SMILES string of the molecule is CCCC=C[C@H]1CC[C@H](c2ccc(COCCCC)cc2)CC1. The van der Waals surface area contributed by atoms with Crippen molar-refractivity contribution >= 4 is 0 Å². The Morgan fingerprint density at radius 1 is 1.00 bits per heavy atom. The number of hydrogen-bond acceptors (Lipinski definition) is 1. The fourth-order valence-electron chi connectivity index (χ4n) is 3.42. The summed E-state index contributed by atoms with van der Waals surface area (Å²) in [5, 5.41) is 0. The van der Waals surface area contributed by atoms with E-state index in [1.807, 2.05) is 0 Å². The van der Waals surface area contributed by atoms with Crippen LogP contribution in [0.5, 0.6) is 0 Å². The van der Waals surface area contributed by atoms with E-state index in [4.69, 9.17) is 4.74 Å². The first-order valence-corrected chi connectivity index (χ1v) is 9.66. The summed E-state index contributed by atoms with van der Waals surface area (Å²) < 4.78 is 5.70. The highest BCUT2D eigenvalue weighted by Gasteiger charge is 2.20. The first-order chi connectivity index (χ1) is 11.3. The maximum absolute atomic E-state index is 5.70. The minimum absolute atomic E-state index is 0.759. The average Bonchev–Trinajstić information content (AvgIpc) is 2.60. The van der Waals surface area contributed by atoms with Crippen LogP contribution in [0.15, 0.2) is 36.4 Å². The van der Waals surface area contributed by atoms with Crippen molar-refractivity contribution in [3.8, 4) is 0 Å². The van der Waals surface area contributed by atoms with Crippen LogP contribution in [-0.2, 0) is 11.3 Å². The molecular formula is C22H34O. The quantitative estimate of drug-likeness (QED) is 0.367. The van der Waals surface area contributed by atoms with E-state index in [0.29, 0.717) is 0 Å². The van der Waals surface area contributed by atoms with E-state index >= 15 is 0 Å². The Morgan fingerprint density at radius 3 is 2.39 bits per heavy atom. The summed E-state index contributed by atoms with van der Waals surface area (Å²) in [7, 11) is 0. The van der Waals surface area contributed by atoms with Gasteiger partial charge in [-0.15, -0.1) is 0 Å². The van der Waals surface area contributed by atoms with Crippen molar-refractivity contribution < 1.29 is 4.74 Å². The second-order valence-corrected chi connectivity index (χ2v) is 6.98. The molecule has 0 aliphatic heterocycles. The van der Waals surface area contributed by atoms with Gasteiger partial charge in [-0.2, -0.15) is 0 Å². The molecule has 1 aliphatic carbocycles. The molecule has 0 atom stereocenters. The molecule has 1 aliphatic rings. The molecule has 23 heavy (non-hydrogen) atoms. The average molecular weight is 315 g/mol. The van der Waals surface area contributed by atoms with Crippen molar-refractivity contribution in [1.82, 2.24) is 0 Å². The topological polar surface area (TPSA) is 9.23 Å². The number of benzene rings is 1. The van der Waals surface area contributed by atoms with Gasteiger partial charge < -0.3 is 4.74 Å². The maximum atomic E-state index is 5.70. The summed E-state index contributed by atoms with van der Waals surface area (Å²) >= 11 is 0. The highest BCUT2D eigenvalue weighted by molar-refractivity contribution is 5.25. The number of unbranched alkanes of at least 4 members (excludes halogenated alkanes) is 2. The Kier molecular flexibility index (Phi) is 8.46. The van der Waals surface area contributed by atoms with E-state index in [9.17, 15) is 0 Å². The van der Waals surface area contributed by atoms with E-state index in [1.165, 1.54) is 56.1 Å². The lowest BCUT2D eigenvalue weighted by atomic mass is 9.78. The summed E-state index contributed by atoms with van der Waals surface area (Å²) in [4.78, 5) is 0. The van der Waals surface area contributed by atoms with Gasteiger partial charge in [0.15, 0.2) is 0 Å². The van der Waals surface area contributed by atoms with Gasteiger partial charge in [0.05, 0.1) is 6.61 Å². The molecule has 0 heterocycles. The number of ether oxygens (including phenoxy) is 1. The Labute approximate surface area is 143 Å². The van der Waals surface area contributed by atoms with E-state index in [2.05, 4.69) is 50.3 Å². The summed E-state index contributed by atoms with van der Waals surface area (Å²) in [5.74, 6) is 1.59. The van der Waals surface area contributed by atoms with Gasteiger partial charge in [0.1, 0.15) is 0 Å². The van der Waals surface area contributed by atoms with Crippen LogP contribution >= 0.6 is 0 Å². The van der Waals surface area contributed by atoms with E-state index < -0.39 is 0 Å². The third-order valence-corrected chi connectivity index (χ3v) is 5.00. The first-order valence-electron chi connectivity index (χ1n) is 9.66. The fourth-order valence-corrected chi connectivity index (χ4v) is 3.42. The minimum Gasteiger partial charge on any atom is -0.377 e. The Morgan fingerprint density at radius 2 is 1.74 bits per heavy atom. The smallest absolute Gasteiger partial charge is 0.0716 e. The molecule has 0 spiro atoms. The number of allylic oxidation sites excluding steroid dienone is 2. The lowest BCUT2D eigenvalue weighted by Gasteiger charge is -2.27. The lowest BCUT2D eigenvalue weighted by Crippen LogP contribution is -2.11. The lowest BCUT2D eigenvalue weighted by molar-refractivity contribution is 0.118. The third kappa shape index (κ3) is 6.51. The largest absolute Gasteiger partial charge is 0.377 e. The van der Waals surface area contributed by atoms with Crippen LogP contribution in [0.4, 0.5) is 0 Å². The summed E-state index contributed by atoms with van der Waals surface area (Å²) in [6.07, 6.45) is 15.1. The van der Waals surface area contributed by atoms with E-state index in [0.717, 1.165) is 31.5 Å². The molecule has 1 fully saturated rings. The zero-order valence-corrected chi connectivity index (χ0v) is 15.1. The summed E-state index contributed by atoms with van der Waals surface area (Å²) in [6, 6.07) is 9.18. The Hall–Kier alpha value is -1.08. The van der Waals surface area contributed by atoms with Gasteiger partial charge in [0, 0.05) is 6.61 Å². The molecule has 128 valence electrons. The Bertz CT molecular complexity index is 438. The molecule has 0 saturated heterocycles. The second kappa shape index (κ2) is 10.6. The van der Waals surface area contributed by atoms with Crippen LogP contribution in [-0.4, -0.2) is 6.61 Å². The van der Waals surface area contributed by atoms with Crippen LogP contribution in [0.2, 0.25) is 0 Å². The van der Waals surface area contributed by atoms with Gasteiger partial charge in [-0.3, -0.25) is 0 Å². The molecule has 0 bridgehead atoms. The number of rotatable bonds is 9. The van der Waals surface area contributed by atoms with Crippen molar-refractivity contribution in [3.05, 3.63) is 47.5 Å². The molecule has 0 radical (unpaired) electrons. The fraction of sp³-hybridized carbons (Fsp3) is 0.636. The van der Waals surface area contributed by atoms with Crippen molar-refractivity contribution in [2.24, 2.45) is 5.92 Å². The van der Waals surface area contributed by atoms with Crippen LogP contribution in [0.3, 0.4) is 0 Å². The zero-order chi connectivity index (χ0) is 16.3. The summed E-state index contributed by atoms with van der Waals surface area (Å²) in [6.45, 7) is 6.09. The van der Waals surface area contributed by atoms with Gasteiger partial charge >= 0.3 is 0 Å². The molecule has 1 saturated carbocycles. The summed E-state index contributed by atoms with van der Waals surface area (Å²) in [5.41, 5.74) is 2.83. The van der Waals surface area contributed by atoms with E-state index in [1.54, 1.807) is 0 Å². The van der Waals surface area contributed by atoms with Crippen LogP contribution in [0.25, 0.3) is 0 Å². The predicted molar refractivity (Wildman–Crippen MR) is 99.8 cm³/mol. The predicted octanol–water partition coefficient (Wildman–Crippen LogP) is 6.63. The minimum atomic E-state index is 0.759. The van der Waals surface area contributed by atoms with Crippen molar-refractivity contribution in [1.29, 1.82) is 0 Å². The van der Waals surface area contributed by atoms with Crippen LogP contribution in [0, 0.1) is 5.92 Å². The van der Waals surface area contributed by atoms with Gasteiger partial charge in [-0.1, -0.05) is 63.1 Å². The zero-order valence-electron chi connectivity index (χ0n) is 15.1. The van der Waals surface area contributed by atoms with Crippen LogP contribution in [0.1, 0.15) is 82.3 Å². The molecule has 1 aromatic rings. The normalized spacial score (nSPS) is 21.8. The third-order valence-electron chi connectivity index (χ3n) is 5.00. The number of hydrogen-bond donors (Lipinski definition) is 0. The highest BCUT2D eigenvalue weighted by Crippen LogP contribution is 2.36. The van der Waals surface area contributed by atoms with Gasteiger partial charge in [0.25, 0.3) is 0 Å². The monoisotopic (exact) mass is 314 g/mol. The molecule has 2 rings (SSSR count). The maximum Gasteiger partial charge on any atom is 0.0716 e. The molecule has 0 unspecified atom stereocenters. The molecule has 0 N–H and O–H groups in total. The molecule has 1 nitrogen and oxygen atoms in total. The van der Waals surface area contributed by atoms with Gasteiger partial charge in [-0.25, -0.2) is 0 Å². The first kappa shape index (κ1) is 18.3. The molecular weight excluding hydrogens is 280 g/mol. The van der Waals surface area contributed by atoms with E-state index in [-0.39, 0.29) is 0 Å². The highest BCUT2D eigenvalue weighted by atomic mass is 16.5. The standard InChI is InChI=1S/C22H34O/c1-3-5-7-8-19-9-13-21(14-10-19)22-15-11-20(12-16-22)18-23-17-6-4-2/h7-8,11-12,15-16,19,21H,3-6,9-10,13-14,17-18H2,1-2H3/t19-,21-. The van der Waals surface area contributed by atoms with Gasteiger partial charge in [0.2, 0.25) is 0 Å². The molecule has 1 aromatic carbocycles. The van der Waals surface area contributed by atoms with Crippen LogP contribution < -0.4 is 0 Å².